The van der Waals surface area contributed by atoms with Crippen LogP contribution < -0.4 is 20.3 Å². The molecule has 1 N–H and O–H groups in total. The van der Waals surface area contributed by atoms with Crippen molar-refractivity contribution in [3.05, 3.63) is 87.5 Å². The van der Waals surface area contributed by atoms with E-state index in [0.717, 1.165) is 15.7 Å². The average molecular weight is 447 g/mol. The van der Waals surface area contributed by atoms with Crippen molar-refractivity contribution in [2.24, 2.45) is 0 Å². The highest BCUT2D eigenvalue weighted by molar-refractivity contribution is 5.95. The molecule has 1 amide bonds. The largest absolute Gasteiger partial charge is 0.485 e. The number of aryl methyl sites for hydroxylation is 3. The molecule has 170 valence electrons. The summed E-state index contributed by atoms with van der Waals surface area (Å²) in [4.78, 5) is 29.4. The molecule has 0 aliphatic carbocycles. The van der Waals surface area contributed by atoms with E-state index < -0.39 is 6.10 Å². The lowest BCUT2D eigenvalue weighted by Gasteiger charge is -2.17. The lowest BCUT2D eigenvalue weighted by molar-refractivity contribution is -0.122. The van der Waals surface area contributed by atoms with Gasteiger partial charge in [-0.1, -0.05) is 18.2 Å². The van der Waals surface area contributed by atoms with Gasteiger partial charge in [-0.2, -0.15) is 0 Å². The molecule has 0 spiro atoms. The quantitative estimate of drug-likeness (QED) is 0.456. The van der Waals surface area contributed by atoms with Crippen molar-refractivity contribution < 1.29 is 18.8 Å². The monoisotopic (exact) mass is 447 g/mol. The Morgan fingerprint density at radius 3 is 2.67 bits per heavy atom. The number of ether oxygens (including phenoxy) is 2. The molecule has 0 radical (unpaired) electrons. The number of nitrogens with zero attached hydrogens (tertiary/aromatic N) is 2. The molecule has 2 aromatic heterocycles. The van der Waals surface area contributed by atoms with Crippen LogP contribution in [0.5, 0.6) is 11.5 Å². The van der Waals surface area contributed by atoms with Gasteiger partial charge in [0.05, 0.1) is 11.4 Å². The Kier molecular flexibility index (Phi) is 6.17. The first-order chi connectivity index (χ1) is 15.8. The first-order valence-corrected chi connectivity index (χ1v) is 10.6. The predicted molar refractivity (Wildman–Crippen MR) is 124 cm³/mol. The third-order valence-electron chi connectivity index (χ3n) is 4.96. The first kappa shape index (κ1) is 22.1. The Balaban J connectivity index is 1.48. The molecule has 0 saturated carbocycles. The minimum atomic E-state index is -0.714. The molecule has 8 heteroatoms. The van der Waals surface area contributed by atoms with Gasteiger partial charge in [-0.05, 0) is 63.1 Å². The fraction of sp³-hybridized carbons (Fsp3) is 0.240. The van der Waals surface area contributed by atoms with Crippen LogP contribution in [0.1, 0.15) is 29.5 Å². The van der Waals surface area contributed by atoms with Crippen molar-refractivity contribution in [2.75, 3.05) is 5.32 Å². The minimum absolute atomic E-state index is 0.0528. The molecule has 4 rings (SSSR count). The summed E-state index contributed by atoms with van der Waals surface area (Å²) < 4.78 is 18.1. The fourth-order valence-corrected chi connectivity index (χ4v) is 3.35. The van der Waals surface area contributed by atoms with E-state index in [-0.39, 0.29) is 18.1 Å². The van der Waals surface area contributed by atoms with Crippen LogP contribution in [0.2, 0.25) is 0 Å². The number of anilines is 1. The van der Waals surface area contributed by atoms with E-state index in [2.05, 4.69) is 10.3 Å². The highest BCUT2D eigenvalue weighted by Gasteiger charge is 2.17. The SMILES string of the molecule is Cc1cccc(O[C@@H](C)C(=O)Nc2cc(C)ccc2OCc2cc(=O)n3oc(C)cc3n2)c1. The molecule has 0 aliphatic heterocycles. The molecule has 8 nitrogen and oxygen atoms in total. The van der Waals surface area contributed by atoms with Crippen molar-refractivity contribution >= 4 is 17.2 Å². The fourth-order valence-electron chi connectivity index (χ4n) is 3.35. The molecule has 0 aliphatic rings. The van der Waals surface area contributed by atoms with Gasteiger partial charge >= 0.3 is 0 Å². The van der Waals surface area contributed by atoms with Crippen molar-refractivity contribution in [1.82, 2.24) is 9.56 Å². The van der Waals surface area contributed by atoms with E-state index in [4.69, 9.17) is 14.0 Å². The Morgan fingerprint density at radius 2 is 1.88 bits per heavy atom. The number of hydrogen-bond donors (Lipinski definition) is 1. The van der Waals surface area contributed by atoms with E-state index >= 15 is 0 Å². The lowest BCUT2D eigenvalue weighted by Crippen LogP contribution is -2.30. The molecule has 2 heterocycles. The van der Waals surface area contributed by atoms with Gasteiger partial charge in [-0.25, -0.2) is 4.98 Å². The summed E-state index contributed by atoms with van der Waals surface area (Å²) in [7, 11) is 0. The van der Waals surface area contributed by atoms with Crippen LogP contribution >= 0.6 is 0 Å². The maximum Gasteiger partial charge on any atom is 0.287 e. The summed E-state index contributed by atoms with van der Waals surface area (Å²) in [5.41, 5.74) is 3.05. The van der Waals surface area contributed by atoms with Crippen LogP contribution in [0, 0.1) is 20.8 Å². The molecule has 0 bridgehead atoms. The first-order valence-electron chi connectivity index (χ1n) is 10.6. The smallest absolute Gasteiger partial charge is 0.287 e. The minimum Gasteiger partial charge on any atom is -0.485 e. The molecule has 0 unspecified atom stereocenters. The Morgan fingerprint density at radius 1 is 1.09 bits per heavy atom. The summed E-state index contributed by atoms with van der Waals surface area (Å²) in [5.74, 6) is 1.37. The van der Waals surface area contributed by atoms with Crippen LogP contribution in [0.25, 0.3) is 5.65 Å². The van der Waals surface area contributed by atoms with Crippen LogP contribution in [0.4, 0.5) is 5.69 Å². The highest BCUT2D eigenvalue weighted by atomic mass is 16.5. The molecule has 4 aromatic rings. The van der Waals surface area contributed by atoms with Gasteiger partial charge in [0.1, 0.15) is 23.9 Å². The summed E-state index contributed by atoms with van der Waals surface area (Å²) in [6, 6.07) is 16.0. The van der Waals surface area contributed by atoms with E-state index in [0.29, 0.717) is 34.3 Å². The highest BCUT2D eigenvalue weighted by Crippen LogP contribution is 2.27. The second kappa shape index (κ2) is 9.20. The van der Waals surface area contributed by atoms with Gasteiger partial charge in [0.2, 0.25) is 0 Å². The summed E-state index contributed by atoms with van der Waals surface area (Å²) >= 11 is 0. The number of benzene rings is 2. The predicted octanol–water partition coefficient (Wildman–Crippen LogP) is 4.20. The van der Waals surface area contributed by atoms with Gasteiger partial charge in [0.15, 0.2) is 11.8 Å². The van der Waals surface area contributed by atoms with Crippen molar-refractivity contribution in [1.29, 1.82) is 0 Å². The molecular weight excluding hydrogens is 422 g/mol. The molecule has 0 fully saturated rings. The zero-order chi connectivity index (χ0) is 23.5. The van der Waals surface area contributed by atoms with Crippen molar-refractivity contribution in [3.8, 4) is 11.5 Å². The molecule has 2 aromatic carbocycles. The standard InChI is InChI=1S/C25H25N3O5/c1-15-6-5-7-20(10-15)32-18(4)25(30)27-21-11-16(2)8-9-22(21)31-14-19-13-24(29)28-23(26-19)12-17(3)33-28/h5-13,18H,14H2,1-4H3,(H,27,30)/t18-/m0/s1. The van der Waals surface area contributed by atoms with Gasteiger partial charge in [0.25, 0.3) is 11.5 Å². The number of rotatable bonds is 7. The average Bonchev–Trinajstić information content (AvgIpc) is 3.14. The summed E-state index contributed by atoms with van der Waals surface area (Å²) in [6.07, 6.45) is -0.714. The van der Waals surface area contributed by atoms with Gasteiger partial charge < -0.3 is 19.3 Å². The van der Waals surface area contributed by atoms with E-state index in [1.165, 1.54) is 6.07 Å². The number of carbonyl (C=O) groups excluding carboxylic acids is 1. The summed E-state index contributed by atoms with van der Waals surface area (Å²) in [5, 5.41) is 2.88. The lowest BCUT2D eigenvalue weighted by atomic mass is 10.2. The molecule has 33 heavy (non-hydrogen) atoms. The van der Waals surface area contributed by atoms with Crippen LogP contribution in [0.3, 0.4) is 0 Å². The number of fused-ring (bicyclic) bond motifs is 1. The third kappa shape index (κ3) is 5.23. The van der Waals surface area contributed by atoms with E-state index in [1.807, 2.05) is 50.2 Å². The van der Waals surface area contributed by atoms with E-state index in [9.17, 15) is 9.59 Å². The van der Waals surface area contributed by atoms with Gasteiger partial charge in [0, 0.05) is 12.1 Å². The second-order valence-corrected chi connectivity index (χ2v) is 7.94. The van der Waals surface area contributed by atoms with Gasteiger partial charge in [-0.3, -0.25) is 9.59 Å². The zero-order valence-corrected chi connectivity index (χ0v) is 18.9. The van der Waals surface area contributed by atoms with Crippen LogP contribution in [-0.2, 0) is 11.4 Å². The van der Waals surface area contributed by atoms with Crippen LogP contribution in [-0.4, -0.2) is 21.6 Å². The van der Waals surface area contributed by atoms with Crippen molar-refractivity contribution in [3.63, 3.8) is 0 Å². The Bertz CT molecular complexity index is 1370. The normalized spacial score (nSPS) is 11.9. The van der Waals surface area contributed by atoms with Crippen molar-refractivity contribution in [2.45, 2.75) is 40.4 Å². The third-order valence-corrected chi connectivity index (χ3v) is 4.96. The number of carbonyl (C=O) groups is 1. The van der Waals surface area contributed by atoms with E-state index in [1.54, 1.807) is 26.0 Å². The zero-order valence-electron chi connectivity index (χ0n) is 18.9. The number of aromatic nitrogens is 2. The molecule has 1 atom stereocenters. The molecular formula is C25H25N3O5. The summed E-state index contributed by atoms with van der Waals surface area (Å²) in [6.45, 7) is 7.37. The topological polar surface area (TPSA) is 95.1 Å². The Hall–Kier alpha value is -4.07. The van der Waals surface area contributed by atoms with Crippen LogP contribution in [0.15, 0.2) is 63.9 Å². The molecule has 0 saturated heterocycles. The second-order valence-electron chi connectivity index (χ2n) is 7.94. The maximum atomic E-state index is 12.8. The number of hydrogen-bond acceptors (Lipinski definition) is 6. The maximum absolute atomic E-state index is 12.8. The van der Waals surface area contributed by atoms with Gasteiger partial charge in [-0.15, -0.1) is 4.57 Å². The Labute approximate surface area is 190 Å². The number of amides is 1. The number of nitrogens with one attached hydrogen (secondary N) is 1.